The van der Waals surface area contributed by atoms with Crippen LogP contribution in [-0.4, -0.2) is 50.2 Å². The Labute approximate surface area is 256 Å². The van der Waals surface area contributed by atoms with Crippen molar-refractivity contribution < 1.29 is 54.2 Å². The molecule has 18 heteroatoms. The third kappa shape index (κ3) is 7.82. The highest BCUT2D eigenvalue weighted by Crippen LogP contribution is 2.45. The summed E-state index contributed by atoms with van der Waals surface area (Å²) in [6.07, 6.45) is -16.6. The maximum Gasteiger partial charge on any atom is 0.416 e. The number of alkyl halides is 9. The standard InChI is InChI=1S/C28H29F9N6O3/c1-15(2)46-25(45)43-16(3)9-23(21-13-18(26(29,30)31)5-6-22(21)43)41(24-38-40-42(39-24)7-4-8-44)14-17-10-19(27(32,33)34)12-20(11-17)28(35,36)37/h5-6,10-13,15-16,23,44H,4,7-9,14H2,1-3H3. The number of anilines is 2. The largest absolute Gasteiger partial charge is 0.446 e. The second kappa shape index (κ2) is 13.0. The summed E-state index contributed by atoms with van der Waals surface area (Å²) in [5.74, 6) is -0.317. The predicted molar refractivity (Wildman–Crippen MR) is 145 cm³/mol. The Balaban J connectivity index is 1.92. The highest BCUT2D eigenvalue weighted by Gasteiger charge is 2.42. The molecule has 0 spiro atoms. The third-order valence-corrected chi connectivity index (χ3v) is 7.10. The van der Waals surface area contributed by atoms with Gasteiger partial charge in [0.25, 0.3) is 5.95 Å². The number of aliphatic hydroxyl groups is 1. The Morgan fingerprint density at radius 2 is 1.59 bits per heavy atom. The lowest BCUT2D eigenvalue weighted by Crippen LogP contribution is -2.47. The number of nitrogens with zero attached hydrogens (tertiary/aromatic N) is 6. The molecule has 0 radical (unpaired) electrons. The van der Waals surface area contributed by atoms with Crippen LogP contribution in [-0.2, 0) is 36.4 Å². The Kier molecular flexibility index (Phi) is 9.80. The first-order valence-corrected chi connectivity index (χ1v) is 13.9. The zero-order valence-electron chi connectivity index (χ0n) is 24.6. The first-order chi connectivity index (χ1) is 21.3. The number of hydrogen-bond donors (Lipinski definition) is 1. The Bertz CT molecular complexity index is 1510. The minimum Gasteiger partial charge on any atom is -0.446 e. The number of benzene rings is 2. The molecular weight excluding hydrogens is 639 g/mol. The van der Waals surface area contributed by atoms with Crippen molar-refractivity contribution >= 4 is 17.7 Å². The van der Waals surface area contributed by atoms with E-state index in [0.717, 1.165) is 32.8 Å². The molecule has 4 rings (SSSR count). The molecule has 2 heterocycles. The van der Waals surface area contributed by atoms with E-state index in [1.807, 2.05) is 0 Å². The van der Waals surface area contributed by atoms with Crippen molar-refractivity contribution in [3.05, 3.63) is 64.2 Å². The van der Waals surface area contributed by atoms with Crippen LogP contribution in [0.5, 0.6) is 0 Å². The van der Waals surface area contributed by atoms with Crippen molar-refractivity contribution in [1.29, 1.82) is 0 Å². The molecule has 2 atom stereocenters. The molecule has 0 saturated carbocycles. The quantitative estimate of drug-likeness (QED) is 0.258. The number of rotatable bonds is 8. The molecule has 1 amide bonds. The number of amides is 1. The number of ether oxygens (including phenoxy) is 1. The molecule has 3 aromatic rings. The summed E-state index contributed by atoms with van der Waals surface area (Å²) in [7, 11) is 0. The molecule has 2 aromatic carbocycles. The van der Waals surface area contributed by atoms with E-state index in [-0.39, 0.29) is 49.3 Å². The molecule has 1 aromatic heterocycles. The smallest absolute Gasteiger partial charge is 0.416 e. The lowest BCUT2D eigenvalue weighted by atomic mass is 9.89. The van der Waals surface area contributed by atoms with Gasteiger partial charge in [0, 0.05) is 19.2 Å². The summed E-state index contributed by atoms with van der Waals surface area (Å²) in [6.45, 7) is 3.75. The number of halogens is 9. The fraction of sp³-hybridized carbons (Fsp3) is 0.500. The molecule has 0 saturated heterocycles. The molecule has 9 nitrogen and oxygen atoms in total. The molecule has 0 bridgehead atoms. The minimum atomic E-state index is -5.16. The van der Waals surface area contributed by atoms with Crippen molar-refractivity contribution in [1.82, 2.24) is 20.2 Å². The topological polar surface area (TPSA) is 96.6 Å². The van der Waals surface area contributed by atoms with Gasteiger partial charge in [-0.05, 0) is 86.4 Å². The molecule has 0 fully saturated rings. The van der Waals surface area contributed by atoms with Crippen LogP contribution in [0.4, 0.5) is 55.9 Å². The van der Waals surface area contributed by atoms with Gasteiger partial charge in [0.2, 0.25) is 0 Å². The average Bonchev–Trinajstić information content (AvgIpc) is 3.40. The van der Waals surface area contributed by atoms with Crippen molar-refractivity contribution in [3.8, 4) is 0 Å². The lowest BCUT2D eigenvalue weighted by molar-refractivity contribution is -0.143. The van der Waals surface area contributed by atoms with Crippen LogP contribution in [0.15, 0.2) is 36.4 Å². The van der Waals surface area contributed by atoms with Gasteiger partial charge >= 0.3 is 24.6 Å². The van der Waals surface area contributed by atoms with Crippen LogP contribution in [0, 0.1) is 0 Å². The van der Waals surface area contributed by atoms with E-state index in [0.29, 0.717) is 12.1 Å². The molecule has 2 unspecified atom stereocenters. The molecular formula is C28H29F9N6O3. The summed E-state index contributed by atoms with van der Waals surface area (Å²) >= 11 is 0. The van der Waals surface area contributed by atoms with Crippen molar-refractivity contribution in [3.63, 3.8) is 0 Å². The predicted octanol–water partition coefficient (Wildman–Crippen LogP) is 7.00. The Morgan fingerprint density at radius 3 is 2.13 bits per heavy atom. The van der Waals surface area contributed by atoms with Gasteiger partial charge in [-0.15, -0.1) is 5.10 Å². The van der Waals surface area contributed by atoms with Crippen molar-refractivity contribution in [2.24, 2.45) is 0 Å². The maximum atomic E-state index is 13.9. The lowest BCUT2D eigenvalue weighted by Gasteiger charge is -2.43. The van der Waals surface area contributed by atoms with E-state index in [4.69, 9.17) is 9.84 Å². The zero-order chi connectivity index (χ0) is 34.2. The van der Waals surface area contributed by atoms with Crippen LogP contribution in [0.2, 0.25) is 0 Å². The van der Waals surface area contributed by atoms with Gasteiger partial charge in [-0.2, -0.15) is 44.3 Å². The van der Waals surface area contributed by atoms with Gasteiger partial charge in [-0.25, -0.2) is 4.79 Å². The molecule has 46 heavy (non-hydrogen) atoms. The minimum absolute atomic E-state index is 0.0138. The molecule has 1 aliphatic heterocycles. The number of aliphatic hydroxyl groups excluding tert-OH is 1. The summed E-state index contributed by atoms with van der Waals surface area (Å²) in [5.41, 5.74) is -4.91. The molecule has 1 N–H and O–H groups in total. The fourth-order valence-corrected chi connectivity index (χ4v) is 5.13. The van der Waals surface area contributed by atoms with E-state index in [2.05, 4.69) is 15.4 Å². The molecule has 252 valence electrons. The number of tetrazole rings is 1. The van der Waals surface area contributed by atoms with E-state index >= 15 is 0 Å². The first-order valence-electron chi connectivity index (χ1n) is 13.9. The van der Waals surface area contributed by atoms with Crippen LogP contribution in [0.3, 0.4) is 0 Å². The SMILES string of the molecule is CC(C)OC(=O)N1c2ccc(C(F)(F)F)cc2C(N(Cc2cc(C(F)(F)F)cc(C(F)(F)F)c2)c2nnn(CCCO)n2)CC1C. The van der Waals surface area contributed by atoms with Gasteiger partial charge in [0.05, 0.1) is 41.1 Å². The number of aryl methyl sites for hydroxylation is 1. The second-order valence-corrected chi connectivity index (χ2v) is 11.0. The highest BCUT2D eigenvalue weighted by atomic mass is 19.4. The number of carbonyl (C=O) groups is 1. The first kappa shape index (κ1) is 34.8. The summed E-state index contributed by atoms with van der Waals surface area (Å²) < 4.78 is 129. The zero-order valence-corrected chi connectivity index (χ0v) is 24.6. The summed E-state index contributed by atoms with van der Waals surface area (Å²) in [6, 6.07) is 1.56. The monoisotopic (exact) mass is 668 g/mol. The number of carbonyl (C=O) groups excluding carboxylic acids is 1. The van der Waals surface area contributed by atoms with Crippen LogP contribution < -0.4 is 9.80 Å². The van der Waals surface area contributed by atoms with E-state index < -0.39 is 71.6 Å². The Hall–Kier alpha value is -4.09. The molecule has 1 aliphatic rings. The van der Waals surface area contributed by atoms with Crippen LogP contribution in [0.1, 0.15) is 67.5 Å². The van der Waals surface area contributed by atoms with E-state index in [1.165, 1.54) is 0 Å². The maximum absolute atomic E-state index is 13.9. The average molecular weight is 669 g/mol. The summed E-state index contributed by atoms with van der Waals surface area (Å²) in [4.78, 5) is 16.4. The van der Waals surface area contributed by atoms with Crippen molar-refractivity contribution in [2.75, 3.05) is 16.4 Å². The van der Waals surface area contributed by atoms with Gasteiger partial charge in [-0.1, -0.05) is 5.10 Å². The van der Waals surface area contributed by atoms with Crippen molar-refractivity contribution in [2.45, 2.75) is 83.4 Å². The van der Waals surface area contributed by atoms with E-state index in [9.17, 15) is 44.3 Å². The number of hydrogen-bond acceptors (Lipinski definition) is 7. The van der Waals surface area contributed by atoms with Crippen LogP contribution in [0.25, 0.3) is 0 Å². The normalized spacial score (nSPS) is 17.3. The van der Waals surface area contributed by atoms with E-state index in [1.54, 1.807) is 20.8 Å². The Morgan fingerprint density at radius 1 is 0.978 bits per heavy atom. The fourth-order valence-electron chi connectivity index (χ4n) is 5.13. The van der Waals surface area contributed by atoms with Gasteiger partial charge < -0.3 is 14.7 Å². The molecule has 0 aliphatic carbocycles. The van der Waals surface area contributed by atoms with Gasteiger partial charge in [0.1, 0.15) is 0 Å². The summed E-state index contributed by atoms with van der Waals surface area (Å²) in [5, 5.41) is 21.1. The second-order valence-electron chi connectivity index (χ2n) is 11.0. The third-order valence-electron chi connectivity index (χ3n) is 7.10. The highest BCUT2D eigenvalue weighted by molar-refractivity contribution is 5.90. The van der Waals surface area contributed by atoms with Crippen LogP contribution >= 0.6 is 0 Å². The number of fused-ring (bicyclic) bond motifs is 1. The van der Waals surface area contributed by atoms with Gasteiger partial charge in [-0.3, -0.25) is 4.90 Å². The van der Waals surface area contributed by atoms with Gasteiger partial charge in [0.15, 0.2) is 0 Å². The number of aromatic nitrogens is 4.